The summed E-state index contributed by atoms with van der Waals surface area (Å²) >= 11 is 0. The zero-order valence-electron chi connectivity index (χ0n) is 20.5. The Morgan fingerprint density at radius 1 is 1.12 bits per heavy atom. The smallest absolute Gasteiger partial charge is 0.271 e. The van der Waals surface area contributed by atoms with Crippen LogP contribution >= 0.6 is 0 Å². The van der Waals surface area contributed by atoms with Crippen molar-refractivity contribution in [3.8, 4) is 5.75 Å². The molecule has 1 saturated heterocycles. The number of hydrogen-bond donors (Lipinski definition) is 1. The third kappa shape index (κ3) is 4.30. The lowest BCUT2D eigenvalue weighted by Gasteiger charge is -2.45. The number of nitrogens with zero attached hydrogens (tertiary/aromatic N) is 2. The first-order chi connectivity index (χ1) is 16.5. The SMILES string of the molecule is COc1ccc2cc3n(c2c1)CC(C)(C(=O)NC1CCCCCCC1)N(CC1CCCO1)C3=O. The molecule has 7 heteroatoms. The van der Waals surface area contributed by atoms with Gasteiger partial charge in [-0.15, -0.1) is 0 Å². The van der Waals surface area contributed by atoms with E-state index in [4.69, 9.17) is 9.47 Å². The third-order valence-electron chi connectivity index (χ3n) is 7.98. The van der Waals surface area contributed by atoms with Crippen molar-refractivity contribution in [2.45, 2.75) is 88.9 Å². The number of nitrogens with one attached hydrogen (secondary N) is 1. The molecular formula is C27H37N3O4. The Balaban J connectivity index is 1.49. The molecule has 0 bridgehead atoms. The lowest BCUT2D eigenvalue weighted by atomic mass is 9.91. The average molecular weight is 468 g/mol. The van der Waals surface area contributed by atoms with Crippen LogP contribution in [0.3, 0.4) is 0 Å². The maximum Gasteiger partial charge on any atom is 0.271 e. The minimum absolute atomic E-state index is 0.0199. The van der Waals surface area contributed by atoms with Crippen LogP contribution in [-0.4, -0.2) is 59.2 Å². The van der Waals surface area contributed by atoms with Crippen molar-refractivity contribution in [1.29, 1.82) is 0 Å². The summed E-state index contributed by atoms with van der Waals surface area (Å²) in [5.74, 6) is 0.579. The van der Waals surface area contributed by atoms with Crippen LogP contribution in [0.15, 0.2) is 24.3 Å². The molecule has 2 atom stereocenters. The average Bonchev–Trinajstić information content (AvgIpc) is 3.46. The van der Waals surface area contributed by atoms with Crippen molar-refractivity contribution >= 4 is 22.7 Å². The van der Waals surface area contributed by atoms with Gasteiger partial charge in [0.2, 0.25) is 5.91 Å². The monoisotopic (exact) mass is 467 g/mol. The van der Waals surface area contributed by atoms with Crippen LogP contribution in [0.5, 0.6) is 5.75 Å². The molecule has 7 nitrogen and oxygen atoms in total. The molecule has 3 aliphatic rings. The molecule has 0 spiro atoms. The van der Waals surface area contributed by atoms with E-state index < -0.39 is 5.54 Å². The fourth-order valence-electron chi connectivity index (χ4n) is 5.88. The van der Waals surface area contributed by atoms with Crippen LogP contribution in [0.2, 0.25) is 0 Å². The van der Waals surface area contributed by atoms with Crippen molar-refractivity contribution in [2.24, 2.45) is 0 Å². The molecule has 2 amide bonds. The summed E-state index contributed by atoms with van der Waals surface area (Å²) in [6.45, 7) is 3.50. The second-order valence-corrected chi connectivity index (χ2v) is 10.4. The second-order valence-electron chi connectivity index (χ2n) is 10.4. The van der Waals surface area contributed by atoms with Crippen molar-refractivity contribution in [2.75, 3.05) is 20.3 Å². The highest BCUT2D eigenvalue weighted by atomic mass is 16.5. The highest BCUT2D eigenvalue weighted by Gasteiger charge is 2.49. The quantitative estimate of drug-likeness (QED) is 0.713. The van der Waals surface area contributed by atoms with E-state index in [0.29, 0.717) is 18.8 Å². The largest absolute Gasteiger partial charge is 0.497 e. The molecule has 1 N–H and O–H groups in total. The molecule has 5 rings (SSSR count). The Labute approximate surface area is 201 Å². The van der Waals surface area contributed by atoms with E-state index in [1.807, 2.05) is 35.8 Å². The van der Waals surface area contributed by atoms with Gasteiger partial charge in [0.25, 0.3) is 5.91 Å². The number of carbonyl (C=O) groups is 2. The van der Waals surface area contributed by atoms with Gasteiger partial charge in [0.05, 0.1) is 25.3 Å². The Bertz CT molecular complexity index is 1050. The summed E-state index contributed by atoms with van der Waals surface area (Å²) in [6, 6.07) is 7.94. The van der Waals surface area contributed by atoms with Crippen LogP contribution in [0, 0.1) is 0 Å². The van der Waals surface area contributed by atoms with Gasteiger partial charge < -0.3 is 24.3 Å². The minimum atomic E-state index is -0.993. The molecule has 184 valence electrons. The fourth-order valence-corrected chi connectivity index (χ4v) is 5.88. The number of ether oxygens (including phenoxy) is 2. The van der Waals surface area contributed by atoms with Crippen LogP contribution in [-0.2, 0) is 16.1 Å². The molecule has 1 aromatic heterocycles. The molecule has 2 unspecified atom stereocenters. The Morgan fingerprint density at radius 3 is 2.59 bits per heavy atom. The lowest BCUT2D eigenvalue weighted by molar-refractivity contribution is -0.134. The molecule has 34 heavy (non-hydrogen) atoms. The second kappa shape index (κ2) is 9.61. The maximum atomic E-state index is 13.9. The number of fused-ring (bicyclic) bond motifs is 3. The van der Waals surface area contributed by atoms with E-state index in [0.717, 1.165) is 61.8 Å². The van der Waals surface area contributed by atoms with Gasteiger partial charge in [-0.05, 0) is 50.8 Å². The van der Waals surface area contributed by atoms with Gasteiger partial charge in [-0.3, -0.25) is 9.59 Å². The molecule has 1 saturated carbocycles. The summed E-state index contributed by atoms with van der Waals surface area (Å²) in [7, 11) is 1.64. The third-order valence-corrected chi connectivity index (χ3v) is 7.98. The number of carbonyl (C=O) groups excluding carboxylic acids is 2. The fraction of sp³-hybridized carbons (Fsp3) is 0.630. The van der Waals surface area contributed by atoms with Gasteiger partial charge in [-0.25, -0.2) is 0 Å². The van der Waals surface area contributed by atoms with E-state index in [1.165, 1.54) is 19.3 Å². The van der Waals surface area contributed by atoms with E-state index >= 15 is 0 Å². The predicted octanol–water partition coefficient (Wildman–Crippen LogP) is 4.27. The summed E-state index contributed by atoms with van der Waals surface area (Å²) in [5, 5.41) is 4.33. The van der Waals surface area contributed by atoms with Gasteiger partial charge in [0.1, 0.15) is 17.0 Å². The summed E-state index contributed by atoms with van der Waals surface area (Å²) < 4.78 is 13.3. The molecule has 0 radical (unpaired) electrons. The van der Waals surface area contributed by atoms with E-state index in [1.54, 1.807) is 12.0 Å². The first-order valence-electron chi connectivity index (χ1n) is 12.9. The van der Waals surface area contributed by atoms with Crippen LogP contribution in [0.1, 0.15) is 75.2 Å². The molecule has 3 heterocycles. The van der Waals surface area contributed by atoms with Crippen molar-refractivity contribution < 1.29 is 19.1 Å². The minimum Gasteiger partial charge on any atom is -0.497 e. The summed E-state index contributed by atoms with van der Waals surface area (Å²) in [4.78, 5) is 29.6. The van der Waals surface area contributed by atoms with E-state index in [-0.39, 0.29) is 24.0 Å². The number of hydrogen-bond acceptors (Lipinski definition) is 4. The van der Waals surface area contributed by atoms with Crippen molar-refractivity contribution in [3.63, 3.8) is 0 Å². The van der Waals surface area contributed by atoms with E-state index in [9.17, 15) is 9.59 Å². The van der Waals surface area contributed by atoms with Crippen LogP contribution in [0.4, 0.5) is 0 Å². The zero-order chi connectivity index (χ0) is 23.7. The van der Waals surface area contributed by atoms with Crippen LogP contribution < -0.4 is 10.1 Å². The first kappa shape index (κ1) is 23.2. The Kier molecular flexibility index (Phi) is 6.56. The normalized spacial score (nSPS) is 26.2. The standard InChI is InChI=1S/C27H37N3O4/c1-27(26(32)28-20-9-6-4-3-5-7-10-20)18-29-23-16-21(33-2)13-12-19(23)15-24(29)25(31)30(27)17-22-11-8-14-34-22/h12-13,15-16,20,22H,3-11,14,17-18H2,1-2H3,(H,28,32). The number of amides is 2. The Morgan fingerprint density at radius 2 is 1.88 bits per heavy atom. The zero-order valence-corrected chi connectivity index (χ0v) is 20.5. The van der Waals surface area contributed by atoms with Crippen LogP contribution in [0.25, 0.3) is 10.9 Å². The number of rotatable bonds is 5. The van der Waals surface area contributed by atoms with Gasteiger partial charge in [-0.1, -0.05) is 32.1 Å². The summed E-state index contributed by atoms with van der Waals surface area (Å²) in [6.07, 6.45) is 9.96. The summed E-state index contributed by atoms with van der Waals surface area (Å²) in [5.41, 5.74) is 0.551. The van der Waals surface area contributed by atoms with Gasteiger partial charge in [0, 0.05) is 30.6 Å². The molecule has 2 aromatic rings. The molecule has 2 aliphatic heterocycles. The highest BCUT2D eigenvalue weighted by Crippen LogP contribution is 2.35. The molecular weight excluding hydrogens is 430 g/mol. The van der Waals surface area contributed by atoms with Gasteiger partial charge in [0.15, 0.2) is 0 Å². The highest BCUT2D eigenvalue weighted by molar-refractivity contribution is 6.03. The number of aromatic nitrogens is 1. The molecule has 2 fully saturated rings. The maximum absolute atomic E-state index is 13.9. The Hall–Kier alpha value is -2.54. The van der Waals surface area contributed by atoms with Gasteiger partial charge >= 0.3 is 0 Å². The predicted molar refractivity (Wildman–Crippen MR) is 131 cm³/mol. The number of methoxy groups -OCH3 is 1. The topological polar surface area (TPSA) is 72.8 Å². The number of benzene rings is 1. The van der Waals surface area contributed by atoms with Crippen molar-refractivity contribution in [1.82, 2.24) is 14.8 Å². The first-order valence-corrected chi connectivity index (χ1v) is 12.9. The molecule has 1 aromatic carbocycles. The van der Waals surface area contributed by atoms with Crippen molar-refractivity contribution in [3.05, 3.63) is 30.0 Å². The van der Waals surface area contributed by atoms with E-state index in [2.05, 4.69) is 5.32 Å². The van der Waals surface area contributed by atoms with Gasteiger partial charge in [-0.2, -0.15) is 0 Å². The lowest BCUT2D eigenvalue weighted by Crippen LogP contribution is -2.66. The molecule has 1 aliphatic carbocycles.